The third-order valence-corrected chi connectivity index (χ3v) is 2.01. The molecule has 3 N–H and O–H groups in total. The van der Waals surface area contributed by atoms with E-state index in [2.05, 4.69) is 18.3 Å². The highest BCUT2D eigenvalue weighted by molar-refractivity contribution is 5.68. The summed E-state index contributed by atoms with van der Waals surface area (Å²) < 4.78 is 0. The molecule has 0 saturated heterocycles. The summed E-state index contributed by atoms with van der Waals surface area (Å²) in [5, 5.41) is 3.30. The van der Waals surface area contributed by atoms with Crippen LogP contribution in [0.2, 0.25) is 0 Å². The average Bonchev–Trinajstić information content (AvgIpc) is 2.22. The van der Waals surface area contributed by atoms with Gasteiger partial charge in [-0.1, -0.05) is 31.2 Å². The van der Waals surface area contributed by atoms with Crippen LogP contribution in [-0.2, 0) is 0 Å². The zero-order valence-corrected chi connectivity index (χ0v) is 9.33. The smallest absolute Gasteiger partial charge is 0.0617 e. The molecule has 0 aliphatic heterocycles. The van der Waals surface area contributed by atoms with Gasteiger partial charge in [0.05, 0.1) is 11.4 Å². The Bertz CT molecular complexity index is 365. The second-order valence-electron chi connectivity index (χ2n) is 3.28. The van der Waals surface area contributed by atoms with Gasteiger partial charge < -0.3 is 11.1 Å². The van der Waals surface area contributed by atoms with E-state index in [1.165, 1.54) is 0 Å². The maximum Gasteiger partial charge on any atom is 0.0617 e. The highest BCUT2D eigenvalue weighted by atomic mass is 14.9. The van der Waals surface area contributed by atoms with Gasteiger partial charge in [0, 0.05) is 5.70 Å². The molecule has 0 radical (unpaired) electrons. The second kappa shape index (κ2) is 5.91. The van der Waals surface area contributed by atoms with Crippen LogP contribution < -0.4 is 11.1 Å². The Hall–Kier alpha value is -1.70. The van der Waals surface area contributed by atoms with Gasteiger partial charge in [-0.2, -0.15) is 0 Å². The molecule has 0 bridgehead atoms. The highest BCUT2D eigenvalue weighted by Crippen LogP contribution is 2.19. The van der Waals surface area contributed by atoms with E-state index < -0.39 is 0 Å². The second-order valence-corrected chi connectivity index (χ2v) is 3.28. The Balaban J connectivity index is 2.83. The van der Waals surface area contributed by atoms with Crippen molar-refractivity contribution in [2.75, 3.05) is 11.1 Å². The van der Waals surface area contributed by atoms with Gasteiger partial charge in [0.2, 0.25) is 0 Å². The molecule has 2 heteroatoms. The summed E-state index contributed by atoms with van der Waals surface area (Å²) in [7, 11) is 0. The lowest BCUT2D eigenvalue weighted by molar-refractivity contribution is 1.20. The molecule has 0 fully saturated rings. The van der Waals surface area contributed by atoms with Gasteiger partial charge in [-0.15, -0.1) is 0 Å². The Morgan fingerprint density at radius 3 is 2.73 bits per heavy atom. The normalized spacial score (nSPS) is 12.0. The molecule has 1 rings (SSSR count). The molecule has 0 unspecified atom stereocenters. The number of anilines is 2. The number of para-hydroxylation sites is 2. The van der Waals surface area contributed by atoms with Crippen LogP contribution in [0.15, 0.2) is 48.2 Å². The fourth-order valence-electron chi connectivity index (χ4n) is 1.33. The van der Waals surface area contributed by atoms with Crippen molar-refractivity contribution in [3.63, 3.8) is 0 Å². The number of hydrogen-bond donors (Lipinski definition) is 2. The predicted molar refractivity (Wildman–Crippen MR) is 67.7 cm³/mol. The van der Waals surface area contributed by atoms with Crippen molar-refractivity contribution in [2.45, 2.75) is 20.3 Å². The molecule has 15 heavy (non-hydrogen) atoms. The number of hydrogen-bond acceptors (Lipinski definition) is 2. The van der Waals surface area contributed by atoms with E-state index in [0.29, 0.717) is 0 Å². The van der Waals surface area contributed by atoms with Gasteiger partial charge in [0.1, 0.15) is 0 Å². The number of nitrogens with two attached hydrogens (primary N) is 1. The number of nitrogen functional groups attached to an aromatic ring is 1. The molecule has 0 aromatic heterocycles. The number of allylic oxidation sites excluding steroid dienone is 3. The fraction of sp³-hybridized carbons (Fsp3) is 0.231. The summed E-state index contributed by atoms with van der Waals surface area (Å²) in [6.45, 7) is 4.11. The molecule has 0 saturated carbocycles. The van der Waals surface area contributed by atoms with Crippen LogP contribution in [-0.4, -0.2) is 0 Å². The summed E-state index contributed by atoms with van der Waals surface area (Å²) in [6, 6.07) is 7.77. The van der Waals surface area contributed by atoms with E-state index in [4.69, 9.17) is 5.73 Å². The fourth-order valence-corrected chi connectivity index (χ4v) is 1.33. The summed E-state index contributed by atoms with van der Waals surface area (Å²) in [4.78, 5) is 0. The Labute approximate surface area is 91.5 Å². The minimum atomic E-state index is 0.768. The average molecular weight is 202 g/mol. The van der Waals surface area contributed by atoms with Crippen molar-refractivity contribution >= 4 is 11.4 Å². The van der Waals surface area contributed by atoms with Gasteiger partial charge in [0.25, 0.3) is 0 Å². The van der Waals surface area contributed by atoms with E-state index in [0.717, 1.165) is 23.5 Å². The quantitative estimate of drug-likeness (QED) is 0.579. The van der Waals surface area contributed by atoms with Crippen molar-refractivity contribution in [1.82, 2.24) is 0 Å². The van der Waals surface area contributed by atoms with Crippen molar-refractivity contribution in [3.8, 4) is 0 Å². The van der Waals surface area contributed by atoms with E-state index in [-0.39, 0.29) is 0 Å². The van der Waals surface area contributed by atoms with Crippen molar-refractivity contribution in [2.24, 2.45) is 0 Å². The highest BCUT2D eigenvalue weighted by Gasteiger charge is 1.97. The molecule has 0 amide bonds. The van der Waals surface area contributed by atoms with Crippen molar-refractivity contribution in [1.29, 1.82) is 0 Å². The zero-order chi connectivity index (χ0) is 11.1. The third kappa shape index (κ3) is 3.50. The predicted octanol–water partition coefficient (Wildman–Crippen LogP) is 3.55. The van der Waals surface area contributed by atoms with Crippen LogP contribution >= 0.6 is 0 Å². The number of rotatable bonds is 4. The maximum atomic E-state index is 5.85. The lowest BCUT2D eigenvalue weighted by Crippen LogP contribution is -2.00. The molecule has 1 aromatic rings. The minimum absolute atomic E-state index is 0.768. The standard InChI is InChI=1S/C13H18N2/c1-3-7-11(8-4-2)15-13-10-6-5-9-12(13)14/h3,5-10,15H,4,14H2,1-2H3/b7-3-,11-8+. The van der Waals surface area contributed by atoms with Gasteiger partial charge in [-0.05, 0) is 31.6 Å². The first kappa shape index (κ1) is 11.4. The SMILES string of the molecule is C/C=C\C(=C/CC)Nc1ccccc1N. The van der Waals surface area contributed by atoms with E-state index >= 15 is 0 Å². The van der Waals surface area contributed by atoms with E-state index in [1.54, 1.807) is 0 Å². The van der Waals surface area contributed by atoms with Crippen LogP contribution in [0.1, 0.15) is 20.3 Å². The number of nitrogens with one attached hydrogen (secondary N) is 1. The molecule has 80 valence electrons. The van der Waals surface area contributed by atoms with Gasteiger partial charge in [0.15, 0.2) is 0 Å². The Kier molecular flexibility index (Phi) is 4.48. The van der Waals surface area contributed by atoms with Crippen LogP contribution in [0.3, 0.4) is 0 Å². The first-order valence-electron chi connectivity index (χ1n) is 5.22. The van der Waals surface area contributed by atoms with Crippen LogP contribution in [0.5, 0.6) is 0 Å². The van der Waals surface area contributed by atoms with E-state index in [1.807, 2.05) is 43.3 Å². The maximum absolute atomic E-state index is 5.85. The zero-order valence-electron chi connectivity index (χ0n) is 9.33. The third-order valence-electron chi connectivity index (χ3n) is 2.01. The molecule has 1 aromatic carbocycles. The summed E-state index contributed by atoms with van der Waals surface area (Å²) in [5.41, 5.74) is 8.65. The van der Waals surface area contributed by atoms with Gasteiger partial charge in [-0.25, -0.2) is 0 Å². The Morgan fingerprint density at radius 2 is 2.13 bits per heavy atom. The lowest BCUT2D eigenvalue weighted by Gasteiger charge is -2.09. The van der Waals surface area contributed by atoms with Crippen molar-refractivity contribution < 1.29 is 0 Å². The number of benzene rings is 1. The lowest BCUT2D eigenvalue weighted by atomic mass is 10.2. The molecule has 2 nitrogen and oxygen atoms in total. The van der Waals surface area contributed by atoms with Crippen molar-refractivity contribution in [3.05, 3.63) is 48.2 Å². The summed E-state index contributed by atoms with van der Waals surface area (Å²) in [6.07, 6.45) is 7.18. The topological polar surface area (TPSA) is 38.0 Å². The molecule has 0 atom stereocenters. The molecule has 0 aliphatic carbocycles. The van der Waals surface area contributed by atoms with Crippen LogP contribution in [0.25, 0.3) is 0 Å². The Morgan fingerprint density at radius 1 is 1.40 bits per heavy atom. The molecule has 0 heterocycles. The molecular formula is C13H18N2. The van der Waals surface area contributed by atoms with Crippen LogP contribution in [0, 0.1) is 0 Å². The first-order valence-corrected chi connectivity index (χ1v) is 5.22. The van der Waals surface area contributed by atoms with E-state index in [9.17, 15) is 0 Å². The van der Waals surface area contributed by atoms with Gasteiger partial charge >= 0.3 is 0 Å². The summed E-state index contributed by atoms with van der Waals surface area (Å²) >= 11 is 0. The molecule has 0 aliphatic rings. The first-order chi connectivity index (χ1) is 7.27. The molecular weight excluding hydrogens is 184 g/mol. The summed E-state index contributed by atoms with van der Waals surface area (Å²) in [5.74, 6) is 0. The minimum Gasteiger partial charge on any atom is -0.397 e. The van der Waals surface area contributed by atoms with Crippen LogP contribution in [0.4, 0.5) is 11.4 Å². The monoisotopic (exact) mass is 202 g/mol. The van der Waals surface area contributed by atoms with Gasteiger partial charge in [-0.3, -0.25) is 0 Å². The molecule has 0 spiro atoms. The largest absolute Gasteiger partial charge is 0.397 e.